The molecule has 4 aliphatic carbocycles. The molecule has 4 fully saturated rings. The molecule has 4 N–H and O–H groups in total. The number of allylic oxidation sites excluding steroid dienone is 1. The fourth-order valence-corrected chi connectivity index (χ4v) is 11.5. The number of methoxy groups -OCH3 is 1. The van der Waals surface area contributed by atoms with Crippen LogP contribution in [0.15, 0.2) is 65.8 Å². The molecule has 12 heteroatoms. The lowest BCUT2D eigenvalue weighted by Gasteiger charge is -2.68. The summed E-state index contributed by atoms with van der Waals surface area (Å²) in [6.45, 7) is 8.01. The Hall–Kier alpha value is -4.81. The Morgan fingerprint density at radius 3 is 2.54 bits per heavy atom. The number of benzene rings is 2. The molecule has 0 radical (unpaired) electrons. The summed E-state index contributed by atoms with van der Waals surface area (Å²) in [5.41, 5.74) is 10.5. The number of carboxylic acid groups (broad SMARTS) is 1. The van der Waals surface area contributed by atoms with Crippen molar-refractivity contribution in [1.82, 2.24) is 9.97 Å². The molecule has 2 aromatic heterocycles. The van der Waals surface area contributed by atoms with Gasteiger partial charge in [-0.05, 0) is 104 Å². The molecule has 2 atom stereocenters. The zero-order valence-corrected chi connectivity index (χ0v) is 30.8. The second kappa shape index (κ2) is 12.4. The van der Waals surface area contributed by atoms with E-state index in [1.54, 1.807) is 29.2 Å². The van der Waals surface area contributed by atoms with E-state index in [0.29, 0.717) is 64.4 Å². The molecule has 9 rings (SSSR count). The number of hydrogen-bond donors (Lipinski definition) is 3. The lowest BCUT2D eigenvalue weighted by atomic mass is 9.39. The number of para-hydroxylation sites is 1. The van der Waals surface area contributed by atoms with Gasteiger partial charge in [-0.1, -0.05) is 37.3 Å². The maximum absolute atomic E-state index is 13.5. The van der Waals surface area contributed by atoms with Gasteiger partial charge in [0.2, 0.25) is 0 Å². The molecular formula is C40H44N6O5S. The number of thiazole rings is 1. The van der Waals surface area contributed by atoms with Crippen LogP contribution in [0.5, 0.6) is 5.75 Å². The van der Waals surface area contributed by atoms with Crippen LogP contribution in [-0.4, -0.2) is 65.2 Å². The number of nitrogens with one attached hydrogen (secondary N) is 1. The van der Waals surface area contributed by atoms with Gasteiger partial charge < -0.3 is 20.3 Å². The zero-order chi connectivity index (χ0) is 36.5. The van der Waals surface area contributed by atoms with E-state index >= 15 is 0 Å². The van der Waals surface area contributed by atoms with Gasteiger partial charge in [-0.2, -0.15) is 0 Å². The van der Waals surface area contributed by atoms with E-state index in [4.69, 9.17) is 20.2 Å². The Morgan fingerprint density at radius 2 is 1.83 bits per heavy atom. The van der Waals surface area contributed by atoms with E-state index in [1.807, 2.05) is 44.4 Å². The molecule has 11 nitrogen and oxygen atoms in total. The second-order valence-corrected chi connectivity index (χ2v) is 17.1. The number of aromatic nitrogens is 2. The predicted molar refractivity (Wildman–Crippen MR) is 204 cm³/mol. The predicted octanol–water partition coefficient (Wildman–Crippen LogP) is 8.01. The number of aromatic carboxylic acids is 1. The van der Waals surface area contributed by atoms with Crippen LogP contribution >= 0.6 is 11.3 Å². The Kier molecular flexibility index (Phi) is 8.18. The van der Waals surface area contributed by atoms with E-state index in [1.165, 1.54) is 24.0 Å². The highest BCUT2D eigenvalue weighted by molar-refractivity contribution is 7.22. The number of aliphatic imine (C=N–C) groups is 1. The number of carbonyl (C=O) groups is 2. The van der Waals surface area contributed by atoms with E-state index in [9.17, 15) is 14.7 Å². The summed E-state index contributed by atoms with van der Waals surface area (Å²) >= 11 is 1.40. The molecule has 4 saturated carbocycles. The van der Waals surface area contributed by atoms with Crippen LogP contribution in [0.2, 0.25) is 0 Å². The average molecular weight is 721 g/mol. The number of nitrogens with two attached hydrogens (primary N) is 1. The first-order valence-electron chi connectivity index (χ1n) is 17.8. The van der Waals surface area contributed by atoms with Crippen LogP contribution in [0, 0.1) is 16.2 Å². The van der Waals surface area contributed by atoms with Gasteiger partial charge >= 0.3 is 12.0 Å². The van der Waals surface area contributed by atoms with E-state index in [2.05, 4.69) is 29.1 Å². The lowest BCUT2D eigenvalue weighted by molar-refractivity contribution is -0.232. The minimum Gasteiger partial charge on any atom is -0.490 e. The van der Waals surface area contributed by atoms with Crippen LogP contribution in [0.4, 0.5) is 15.6 Å². The van der Waals surface area contributed by atoms with Crippen molar-refractivity contribution >= 4 is 55.7 Å². The number of ether oxygens (including phenoxy) is 2. The number of rotatable bonds is 8. The highest BCUT2D eigenvalue weighted by Gasteiger charge is 2.65. The van der Waals surface area contributed by atoms with Crippen molar-refractivity contribution in [1.29, 1.82) is 0 Å². The molecular weight excluding hydrogens is 677 g/mol. The van der Waals surface area contributed by atoms with Crippen molar-refractivity contribution in [3.63, 3.8) is 0 Å². The summed E-state index contributed by atoms with van der Waals surface area (Å²) in [6.07, 6.45) is 8.05. The average Bonchev–Trinajstić information content (AvgIpc) is 3.51. The molecule has 5 aliphatic rings. The third kappa shape index (κ3) is 6.01. The number of carboxylic acids is 1. The highest BCUT2D eigenvalue weighted by atomic mass is 32.1. The minimum atomic E-state index is -1.17. The van der Waals surface area contributed by atoms with Gasteiger partial charge in [0, 0.05) is 42.3 Å². The molecule has 4 bridgehead atoms. The van der Waals surface area contributed by atoms with Crippen molar-refractivity contribution in [3.05, 3.63) is 72.1 Å². The standard InChI is InChI=1S/C40H44N6O5S/c1-24(42-23-39-18-37(2)17-38(3,19-39)21-40(20-37,22-39)50-4)27(16-41)26-10-11-28(43-33(26)34(47)48)25-9-12-31-30(15-25)46(13-14-51-31)36(49)45-35-44-29-7-5-6-8-32(29)52-35/h5-12,15-16H,13-14,17-23,41H2,1-4H3,(H,47,48)(H,44,45,49). The number of anilines is 2. The molecule has 52 heavy (non-hydrogen) atoms. The van der Waals surface area contributed by atoms with Gasteiger partial charge in [0.05, 0.1) is 33.7 Å². The zero-order valence-electron chi connectivity index (χ0n) is 30.0. The fourth-order valence-electron chi connectivity index (χ4n) is 10.7. The SMILES string of the molecule is COC12CC3(C)CC(C)(CC(CN=C(C)C(=CN)c4ccc(-c5ccc6c(c5)N(C(=O)Nc5nc7ccccc7s5)CCO6)nc4C(=O)O)(C3)C1)C2. The quantitative estimate of drug-likeness (QED) is 0.155. The number of nitrogens with zero attached hydrogens (tertiary/aromatic N) is 4. The van der Waals surface area contributed by atoms with Gasteiger partial charge in [-0.3, -0.25) is 15.2 Å². The summed E-state index contributed by atoms with van der Waals surface area (Å²) in [7, 11) is 1.86. The third-order valence-corrected chi connectivity index (χ3v) is 12.5. The second-order valence-electron chi connectivity index (χ2n) is 16.0. The number of pyridine rings is 1. The van der Waals surface area contributed by atoms with Crippen molar-refractivity contribution < 1.29 is 24.2 Å². The van der Waals surface area contributed by atoms with Gasteiger partial charge in [0.25, 0.3) is 0 Å². The largest absolute Gasteiger partial charge is 0.490 e. The summed E-state index contributed by atoms with van der Waals surface area (Å²) in [6, 6.07) is 16.3. The van der Waals surface area contributed by atoms with E-state index < -0.39 is 5.97 Å². The maximum Gasteiger partial charge on any atom is 0.355 e. The maximum atomic E-state index is 13.5. The third-order valence-electron chi connectivity index (χ3n) is 11.6. The van der Waals surface area contributed by atoms with Gasteiger partial charge in [-0.25, -0.2) is 19.6 Å². The Bertz CT molecular complexity index is 2130. The van der Waals surface area contributed by atoms with Crippen LogP contribution < -0.4 is 20.7 Å². The molecule has 2 amide bonds. The number of hydrogen-bond acceptors (Lipinski definition) is 9. The van der Waals surface area contributed by atoms with E-state index in [-0.39, 0.29) is 33.6 Å². The normalized spacial score (nSPS) is 28.1. The summed E-state index contributed by atoms with van der Waals surface area (Å²) in [5, 5.41) is 13.8. The first-order chi connectivity index (χ1) is 24.8. The highest BCUT2D eigenvalue weighted by Crippen LogP contribution is 2.71. The van der Waals surface area contributed by atoms with Gasteiger partial charge in [0.15, 0.2) is 10.8 Å². The van der Waals surface area contributed by atoms with Crippen LogP contribution in [0.3, 0.4) is 0 Å². The van der Waals surface area contributed by atoms with Crippen molar-refractivity contribution in [2.24, 2.45) is 27.0 Å². The van der Waals surface area contributed by atoms with Crippen molar-refractivity contribution in [3.8, 4) is 17.0 Å². The lowest BCUT2D eigenvalue weighted by Crippen LogP contribution is -2.64. The topological polar surface area (TPSA) is 152 Å². The number of fused-ring (bicyclic) bond motifs is 2. The van der Waals surface area contributed by atoms with Crippen LogP contribution in [-0.2, 0) is 4.74 Å². The molecule has 270 valence electrons. The summed E-state index contributed by atoms with van der Waals surface area (Å²) < 4.78 is 13.1. The van der Waals surface area contributed by atoms with Gasteiger partial charge in [0.1, 0.15) is 12.4 Å². The summed E-state index contributed by atoms with van der Waals surface area (Å²) in [4.78, 5) is 42.1. The number of carbonyl (C=O) groups excluding carboxylic acids is 1. The molecule has 3 heterocycles. The number of urea groups is 1. The smallest absolute Gasteiger partial charge is 0.355 e. The first-order valence-corrected chi connectivity index (χ1v) is 18.6. The van der Waals surface area contributed by atoms with Crippen molar-refractivity contribution in [2.45, 2.75) is 64.9 Å². The van der Waals surface area contributed by atoms with Crippen LogP contribution in [0.25, 0.3) is 27.0 Å². The molecule has 2 aromatic carbocycles. The molecule has 2 unspecified atom stereocenters. The number of amides is 2. The fraction of sp³-hybridized carbons (Fsp3) is 0.425. The Morgan fingerprint density at radius 1 is 1.06 bits per heavy atom. The van der Waals surface area contributed by atoms with Crippen LogP contribution in [0.1, 0.15) is 75.3 Å². The Balaban J connectivity index is 1.05. The Labute approximate surface area is 307 Å². The minimum absolute atomic E-state index is 0.0301. The molecule has 0 saturated heterocycles. The van der Waals surface area contributed by atoms with Gasteiger partial charge in [-0.15, -0.1) is 0 Å². The molecule has 1 aliphatic heterocycles. The summed E-state index contributed by atoms with van der Waals surface area (Å²) in [5.74, 6) is -0.630. The van der Waals surface area contributed by atoms with E-state index in [0.717, 1.165) is 42.3 Å². The molecule has 0 spiro atoms. The van der Waals surface area contributed by atoms with Crippen molar-refractivity contribution in [2.75, 3.05) is 37.0 Å². The first kappa shape index (κ1) is 34.3. The monoisotopic (exact) mass is 720 g/mol. The molecule has 4 aromatic rings.